The first-order valence-electron chi connectivity index (χ1n) is 8.29. The molecule has 150 valence electrons. The highest BCUT2D eigenvalue weighted by molar-refractivity contribution is 5.65. The van der Waals surface area contributed by atoms with E-state index >= 15 is 0 Å². The Kier molecular flexibility index (Phi) is 6.59. The SMILES string of the molecule is CCC1=C(OC(=O)OC)C(c2ccccc2[N+](=O)[O-])C(OC(=O)OC)=C(C)N1. The minimum atomic E-state index is -1.05. The Bertz CT molecular complexity index is 859. The molecule has 1 aromatic rings. The van der Waals surface area contributed by atoms with Crippen LogP contribution in [-0.4, -0.2) is 31.5 Å². The van der Waals surface area contributed by atoms with Crippen LogP contribution < -0.4 is 5.32 Å². The molecule has 0 saturated carbocycles. The van der Waals surface area contributed by atoms with E-state index in [0.717, 1.165) is 14.2 Å². The normalized spacial score (nSPS) is 16.2. The topological polar surface area (TPSA) is 126 Å². The molecule has 0 bridgehead atoms. The number of nitrogens with zero attached hydrogens (tertiary/aromatic N) is 1. The molecule has 28 heavy (non-hydrogen) atoms. The van der Waals surface area contributed by atoms with Crippen LogP contribution in [0.4, 0.5) is 15.3 Å². The Morgan fingerprint density at radius 1 is 1.11 bits per heavy atom. The standard InChI is InChI=1S/C18H20N2O8/c1-5-12-16(28-18(22)26-4)14(11-8-6-7-9-13(11)20(23)24)15(10(2)19-12)27-17(21)25-3/h6-9,14,19H,5H2,1-4H3. The summed E-state index contributed by atoms with van der Waals surface area (Å²) in [5, 5.41) is 14.6. The van der Waals surface area contributed by atoms with Gasteiger partial charge in [0.05, 0.1) is 30.5 Å². The van der Waals surface area contributed by atoms with E-state index in [-0.39, 0.29) is 22.8 Å². The minimum Gasteiger partial charge on any atom is -0.437 e. The molecule has 0 aliphatic carbocycles. The molecule has 1 aliphatic rings. The van der Waals surface area contributed by atoms with Gasteiger partial charge in [-0.3, -0.25) is 10.1 Å². The third-order valence-electron chi connectivity index (χ3n) is 4.05. The lowest BCUT2D eigenvalue weighted by atomic mass is 9.88. The number of carbonyl (C=O) groups excluding carboxylic acids is 2. The summed E-state index contributed by atoms with van der Waals surface area (Å²) >= 11 is 0. The fraction of sp³-hybridized carbons (Fsp3) is 0.333. The largest absolute Gasteiger partial charge is 0.513 e. The summed E-state index contributed by atoms with van der Waals surface area (Å²) in [4.78, 5) is 34.6. The first kappa shape index (κ1) is 20.7. The molecule has 1 heterocycles. The number of hydrogen-bond donors (Lipinski definition) is 1. The van der Waals surface area contributed by atoms with E-state index in [2.05, 4.69) is 14.8 Å². The summed E-state index contributed by atoms with van der Waals surface area (Å²) < 4.78 is 19.7. The summed E-state index contributed by atoms with van der Waals surface area (Å²) in [7, 11) is 2.27. The van der Waals surface area contributed by atoms with Crippen LogP contribution in [0, 0.1) is 10.1 Å². The number of dihydropyridines is 1. The zero-order chi connectivity index (χ0) is 20.8. The van der Waals surface area contributed by atoms with Gasteiger partial charge in [0.2, 0.25) is 0 Å². The highest BCUT2D eigenvalue weighted by atomic mass is 16.7. The third kappa shape index (κ3) is 4.22. The molecule has 1 aliphatic heterocycles. The fourth-order valence-corrected chi connectivity index (χ4v) is 2.82. The van der Waals surface area contributed by atoms with Gasteiger partial charge in [-0.1, -0.05) is 25.1 Å². The molecule has 0 radical (unpaired) electrons. The number of hydrogen-bond acceptors (Lipinski definition) is 9. The second-order valence-corrected chi connectivity index (χ2v) is 5.67. The molecule has 0 fully saturated rings. The Morgan fingerprint density at radius 2 is 1.68 bits per heavy atom. The predicted molar refractivity (Wildman–Crippen MR) is 96.0 cm³/mol. The van der Waals surface area contributed by atoms with Gasteiger partial charge in [-0.25, -0.2) is 9.59 Å². The number of nitro benzene ring substituents is 1. The highest BCUT2D eigenvalue weighted by Crippen LogP contribution is 2.43. The molecule has 0 saturated heterocycles. The summed E-state index contributed by atoms with van der Waals surface area (Å²) in [5.74, 6) is -0.999. The van der Waals surface area contributed by atoms with Crippen LogP contribution >= 0.6 is 0 Å². The van der Waals surface area contributed by atoms with Crippen molar-refractivity contribution in [2.75, 3.05) is 14.2 Å². The molecule has 1 unspecified atom stereocenters. The van der Waals surface area contributed by atoms with Gasteiger partial charge in [0.1, 0.15) is 17.4 Å². The maximum Gasteiger partial charge on any atom is 0.513 e. The van der Waals surface area contributed by atoms with Crippen LogP contribution in [0.2, 0.25) is 0 Å². The van der Waals surface area contributed by atoms with Crippen molar-refractivity contribution in [3.63, 3.8) is 0 Å². The summed E-state index contributed by atoms with van der Waals surface area (Å²) in [6.45, 7) is 3.43. The van der Waals surface area contributed by atoms with Crippen molar-refractivity contribution >= 4 is 18.0 Å². The Balaban J connectivity index is 2.72. The van der Waals surface area contributed by atoms with E-state index in [9.17, 15) is 19.7 Å². The Labute approximate surface area is 160 Å². The molecule has 10 nitrogen and oxygen atoms in total. The zero-order valence-corrected chi connectivity index (χ0v) is 15.8. The van der Waals surface area contributed by atoms with Crippen LogP contribution in [0.5, 0.6) is 0 Å². The van der Waals surface area contributed by atoms with E-state index in [1.807, 2.05) is 0 Å². The Morgan fingerprint density at radius 3 is 2.21 bits per heavy atom. The number of allylic oxidation sites excluding steroid dienone is 2. The van der Waals surface area contributed by atoms with Gasteiger partial charge in [-0.05, 0) is 13.3 Å². The van der Waals surface area contributed by atoms with Gasteiger partial charge in [-0.15, -0.1) is 0 Å². The number of nitro groups is 1. The van der Waals surface area contributed by atoms with Gasteiger partial charge in [0, 0.05) is 11.6 Å². The van der Waals surface area contributed by atoms with Crippen LogP contribution in [0.1, 0.15) is 31.7 Å². The molecule has 1 N–H and O–H groups in total. The number of rotatable bonds is 5. The van der Waals surface area contributed by atoms with Gasteiger partial charge in [0.25, 0.3) is 5.69 Å². The number of methoxy groups -OCH3 is 2. The van der Waals surface area contributed by atoms with E-state index < -0.39 is 23.2 Å². The molecule has 0 aromatic heterocycles. The molecule has 1 atom stereocenters. The fourth-order valence-electron chi connectivity index (χ4n) is 2.82. The van der Waals surface area contributed by atoms with Gasteiger partial charge in [0.15, 0.2) is 0 Å². The van der Waals surface area contributed by atoms with E-state index in [1.165, 1.54) is 18.2 Å². The van der Waals surface area contributed by atoms with Crippen molar-refractivity contribution in [1.82, 2.24) is 5.32 Å². The van der Waals surface area contributed by atoms with E-state index in [0.29, 0.717) is 17.8 Å². The zero-order valence-electron chi connectivity index (χ0n) is 15.8. The maximum absolute atomic E-state index is 11.8. The van der Waals surface area contributed by atoms with Gasteiger partial charge < -0.3 is 24.3 Å². The van der Waals surface area contributed by atoms with Crippen molar-refractivity contribution in [2.24, 2.45) is 0 Å². The first-order valence-corrected chi connectivity index (χ1v) is 8.29. The summed E-state index contributed by atoms with van der Waals surface area (Å²) in [6, 6.07) is 5.90. The second-order valence-electron chi connectivity index (χ2n) is 5.67. The van der Waals surface area contributed by atoms with Crippen LogP contribution in [0.3, 0.4) is 0 Å². The minimum absolute atomic E-state index is 0.0113. The third-order valence-corrected chi connectivity index (χ3v) is 4.05. The molecular weight excluding hydrogens is 372 g/mol. The predicted octanol–water partition coefficient (Wildman–Crippen LogP) is 3.70. The number of nitrogens with one attached hydrogen (secondary N) is 1. The quantitative estimate of drug-likeness (QED) is 0.453. The van der Waals surface area contributed by atoms with Crippen molar-refractivity contribution < 1.29 is 33.5 Å². The molecule has 0 spiro atoms. The van der Waals surface area contributed by atoms with Crippen LogP contribution in [0.25, 0.3) is 0 Å². The number of benzene rings is 1. The van der Waals surface area contributed by atoms with E-state index in [4.69, 9.17) is 9.47 Å². The summed E-state index contributed by atoms with van der Waals surface area (Å²) in [5.41, 5.74) is 0.859. The number of ether oxygens (including phenoxy) is 4. The van der Waals surface area contributed by atoms with Crippen molar-refractivity contribution in [3.05, 3.63) is 62.9 Å². The first-order chi connectivity index (χ1) is 13.3. The van der Waals surface area contributed by atoms with Crippen LogP contribution in [-0.2, 0) is 18.9 Å². The molecule has 1 aromatic carbocycles. The molecule has 10 heteroatoms. The monoisotopic (exact) mass is 392 g/mol. The average Bonchev–Trinajstić information content (AvgIpc) is 2.69. The van der Waals surface area contributed by atoms with Crippen molar-refractivity contribution in [2.45, 2.75) is 26.2 Å². The van der Waals surface area contributed by atoms with E-state index in [1.54, 1.807) is 19.9 Å². The maximum atomic E-state index is 11.8. The lowest BCUT2D eigenvalue weighted by Gasteiger charge is -2.30. The molecule has 0 amide bonds. The smallest absolute Gasteiger partial charge is 0.437 e. The molecule has 2 rings (SSSR count). The number of para-hydroxylation sites is 1. The Hall–Kier alpha value is -3.56. The average molecular weight is 392 g/mol. The van der Waals surface area contributed by atoms with Crippen molar-refractivity contribution in [1.29, 1.82) is 0 Å². The lowest BCUT2D eigenvalue weighted by molar-refractivity contribution is -0.385. The number of carbonyl (C=O) groups is 2. The van der Waals surface area contributed by atoms with Gasteiger partial charge >= 0.3 is 12.3 Å². The lowest BCUT2D eigenvalue weighted by Crippen LogP contribution is -2.30. The molecular formula is C18H20N2O8. The van der Waals surface area contributed by atoms with Crippen LogP contribution in [0.15, 0.2) is 47.2 Å². The van der Waals surface area contributed by atoms with Crippen molar-refractivity contribution in [3.8, 4) is 0 Å². The second kappa shape index (κ2) is 8.89. The summed E-state index contributed by atoms with van der Waals surface area (Å²) in [6.07, 6.45) is -1.62. The highest BCUT2D eigenvalue weighted by Gasteiger charge is 2.39. The van der Waals surface area contributed by atoms with Gasteiger partial charge in [-0.2, -0.15) is 0 Å².